The first-order chi connectivity index (χ1) is 14.1. The Morgan fingerprint density at radius 1 is 1.24 bits per heavy atom. The molecular formula is C22H23FN4O2. The minimum atomic E-state index is -0.327. The van der Waals surface area contributed by atoms with Crippen LogP contribution in [0.25, 0.3) is 0 Å². The van der Waals surface area contributed by atoms with Crippen LogP contribution in [-0.2, 0) is 18.4 Å². The molecule has 150 valence electrons. The summed E-state index contributed by atoms with van der Waals surface area (Å²) in [6.07, 6.45) is 5.26. The highest BCUT2D eigenvalue weighted by atomic mass is 19.1. The normalized spacial score (nSPS) is 16.7. The molecule has 1 atom stereocenters. The molecule has 29 heavy (non-hydrogen) atoms. The number of nitrogens with zero attached hydrogens (tertiary/aromatic N) is 3. The van der Waals surface area contributed by atoms with E-state index in [-0.39, 0.29) is 17.8 Å². The molecule has 1 aliphatic heterocycles. The number of aromatic nitrogens is 2. The molecule has 0 saturated carbocycles. The van der Waals surface area contributed by atoms with E-state index in [1.807, 2.05) is 37.5 Å². The molecule has 2 aromatic carbocycles. The molecule has 3 aromatic rings. The van der Waals surface area contributed by atoms with Gasteiger partial charge in [0.05, 0.1) is 11.9 Å². The predicted octanol–water partition coefficient (Wildman–Crippen LogP) is 3.75. The van der Waals surface area contributed by atoms with Gasteiger partial charge >= 0.3 is 0 Å². The average molecular weight is 394 g/mol. The first kappa shape index (κ1) is 19.0. The smallest absolute Gasteiger partial charge is 0.249 e. The molecular weight excluding hydrogens is 371 g/mol. The zero-order valence-electron chi connectivity index (χ0n) is 16.2. The fourth-order valence-corrected chi connectivity index (χ4v) is 3.49. The Bertz CT molecular complexity index is 1000. The first-order valence-corrected chi connectivity index (χ1v) is 9.62. The van der Waals surface area contributed by atoms with E-state index in [0.717, 1.165) is 29.8 Å². The molecule has 0 spiro atoms. The molecule has 2 heterocycles. The molecule has 1 amide bonds. The van der Waals surface area contributed by atoms with Gasteiger partial charge in [0.25, 0.3) is 0 Å². The van der Waals surface area contributed by atoms with Gasteiger partial charge in [-0.25, -0.2) is 4.39 Å². The second-order valence-electron chi connectivity index (χ2n) is 7.15. The van der Waals surface area contributed by atoms with Crippen molar-refractivity contribution in [1.29, 1.82) is 0 Å². The molecule has 1 aromatic heterocycles. The van der Waals surface area contributed by atoms with Gasteiger partial charge in [0, 0.05) is 31.5 Å². The van der Waals surface area contributed by atoms with E-state index in [1.54, 1.807) is 27.9 Å². The standard InChI is InChI=1S/C22H23FN4O2/c1-26-14-19(13-24-26)27-10-4-9-21(22(27)28)25-18-7-2-5-16(11-18)15-29-20-8-3-6-17(23)12-20/h2-3,5-8,11-14,21,25H,4,9-10,15H2,1H3. The second-order valence-corrected chi connectivity index (χ2v) is 7.15. The molecule has 0 aliphatic carbocycles. The summed E-state index contributed by atoms with van der Waals surface area (Å²) in [5.74, 6) is 0.204. The summed E-state index contributed by atoms with van der Waals surface area (Å²) in [4.78, 5) is 14.7. The molecule has 1 fully saturated rings. The minimum absolute atomic E-state index is 0.0469. The minimum Gasteiger partial charge on any atom is -0.489 e. The number of nitrogens with one attached hydrogen (secondary N) is 1. The Morgan fingerprint density at radius 2 is 2.10 bits per heavy atom. The Hall–Kier alpha value is -3.35. The Balaban J connectivity index is 1.41. The number of amides is 1. The summed E-state index contributed by atoms with van der Waals surface area (Å²) in [7, 11) is 1.84. The van der Waals surface area contributed by atoms with Crippen LogP contribution in [0.4, 0.5) is 15.8 Å². The van der Waals surface area contributed by atoms with Crippen molar-refractivity contribution >= 4 is 17.3 Å². The number of carbonyl (C=O) groups is 1. The number of piperidine rings is 1. The third-order valence-electron chi connectivity index (χ3n) is 4.91. The number of halogens is 1. The van der Waals surface area contributed by atoms with Crippen molar-refractivity contribution in [3.05, 3.63) is 72.3 Å². The number of carbonyl (C=O) groups excluding carboxylic acids is 1. The van der Waals surface area contributed by atoms with Crippen LogP contribution < -0.4 is 15.0 Å². The van der Waals surface area contributed by atoms with Crippen LogP contribution in [0, 0.1) is 5.82 Å². The molecule has 0 radical (unpaired) electrons. The fraction of sp³-hybridized carbons (Fsp3) is 0.273. The Labute approximate surface area is 168 Å². The van der Waals surface area contributed by atoms with E-state index in [2.05, 4.69) is 10.4 Å². The van der Waals surface area contributed by atoms with E-state index in [0.29, 0.717) is 18.9 Å². The van der Waals surface area contributed by atoms with Crippen LogP contribution in [-0.4, -0.2) is 28.3 Å². The van der Waals surface area contributed by atoms with Gasteiger partial charge in [-0.3, -0.25) is 9.48 Å². The summed E-state index contributed by atoms with van der Waals surface area (Å²) in [5, 5.41) is 7.51. The second kappa shape index (κ2) is 8.34. The summed E-state index contributed by atoms with van der Waals surface area (Å²) in [6.45, 7) is 1.02. The zero-order valence-corrected chi connectivity index (χ0v) is 16.2. The monoisotopic (exact) mass is 394 g/mol. The molecule has 1 saturated heterocycles. The van der Waals surface area contributed by atoms with Crippen LogP contribution in [0.5, 0.6) is 5.75 Å². The number of hydrogen-bond donors (Lipinski definition) is 1. The third kappa shape index (κ3) is 4.56. The van der Waals surface area contributed by atoms with Crippen molar-refractivity contribution in [1.82, 2.24) is 9.78 Å². The fourth-order valence-electron chi connectivity index (χ4n) is 3.49. The van der Waals surface area contributed by atoms with Gasteiger partial charge in [0.15, 0.2) is 0 Å². The van der Waals surface area contributed by atoms with Crippen molar-refractivity contribution in [2.24, 2.45) is 7.05 Å². The van der Waals surface area contributed by atoms with Crippen molar-refractivity contribution in [2.75, 3.05) is 16.8 Å². The van der Waals surface area contributed by atoms with E-state index < -0.39 is 0 Å². The maximum absolute atomic E-state index is 13.3. The molecule has 7 heteroatoms. The molecule has 0 bridgehead atoms. The van der Waals surface area contributed by atoms with E-state index in [4.69, 9.17) is 4.74 Å². The van der Waals surface area contributed by atoms with E-state index in [1.165, 1.54) is 12.1 Å². The predicted molar refractivity (Wildman–Crippen MR) is 109 cm³/mol. The van der Waals surface area contributed by atoms with Gasteiger partial charge in [-0.1, -0.05) is 18.2 Å². The van der Waals surface area contributed by atoms with Crippen LogP contribution in [0.1, 0.15) is 18.4 Å². The van der Waals surface area contributed by atoms with E-state index in [9.17, 15) is 9.18 Å². The largest absolute Gasteiger partial charge is 0.489 e. The molecule has 4 rings (SSSR count). The zero-order chi connectivity index (χ0) is 20.2. The molecule has 1 unspecified atom stereocenters. The van der Waals surface area contributed by atoms with Crippen LogP contribution in [0.3, 0.4) is 0 Å². The number of ether oxygens (including phenoxy) is 1. The lowest BCUT2D eigenvalue weighted by Gasteiger charge is -2.32. The SMILES string of the molecule is Cn1cc(N2CCCC(Nc3cccc(COc4cccc(F)c4)c3)C2=O)cn1. The van der Waals surface area contributed by atoms with Gasteiger partial charge in [0.2, 0.25) is 5.91 Å². The van der Waals surface area contributed by atoms with Gasteiger partial charge < -0.3 is 15.0 Å². The summed E-state index contributed by atoms with van der Waals surface area (Å²) >= 11 is 0. The van der Waals surface area contributed by atoms with Crippen molar-refractivity contribution in [2.45, 2.75) is 25.5 Å². The van der Waals surface area contributed by atoms with E-state index >= 15 is 0 Å². The number of anilines is 2. The van der Waals surface area contributed by atoms with Gasteiger partial charge in [0.1, 0.15) is 24.2 Å². The number of benzene rings is 2. The summed E-state index contributed by atoms with van der Waals surface area (Å²) in [5.41, 5.74) is 2.62. The first-order valence-electron chi connectivity index (χ1n) is 9.62. The maximum Gasteiger partial charge on any atom is 0.249 e. The van der Waals surface area contributed by atoms with Crippen LogP contribution >= 0.6 is 0 Å². The highest BCUT2D eigenvalue weighted by Crippen LogP contribution is 2.23. The summed E-state index contributed by atoms with van der Waals surface area (Å²) in [6, 6.07) is 13.5. The number of rotatable bonds is 6. The Morgan fingerprint density at radius 3 is 2.90 bits per heavy atom. The third-order valence-corrected chi connectivity index (χ3v) is 4.91. The average Bonchev–Trinajstić information content (AvgIpc) is 3.14. The lowest BCUT2D eigenvalue weighted by molar-refractivity contribution is -0.120. The number of hydrogen-bond acceptors (Lipinski definition) is 4. The van der Waals surface area contributed by atoms with Crippen molar-refractivity contribution in [3.8, 4) is 5.75 Å². The topological polar surface area (TPSA) is 59.4 Å². The molecule has 6 nitrogen and oxygen atoms in total. The Kier molecular flexibility index (Phi) is 5.46. The highest BCUT2D eigenvalue weighted by Gasteiger charge is 2.30. The summed E-state index contributed by atoms with van der Waals surface area (Å²) < 4.78 is 20.6. The van der Waals surface area contributed by atoms with Crippen LogP contribution in [0.15, 0.2) is 60.9 Å². The van der Waals surface area contributed by atoms with Gasteiger partial charge in [-0.05, 0) is 42.7 Å². The molecule has 1 aliphatic rings. The highest BCUT2D eigenvalue weighted by molar-refractivity contribution is 5.99. The van der Waals surface area contributed by atoms with Crippen molar-refractivity contribution in [3.63, 3.8) is 0 Å². The van der Waals surface area contributed by atoms with Gasteiger partial charge in [-0.2, -0.15) is 5.10 Å². The molecule has 1 N–H and O–H groups in total. The van der Waals surface area contributed by atoms with Crippen molar-refractivity contribution < 1.29 is 13.9 Å². The van der Waals surface area contributed by atoms with Crippen LogP contribution in [0.2, 0.25) is 0 Å². The van der Waals surface area contributed by atoms with Gasteiger partial charge in [-0.15, -0.1) is 0 Å². The number of aryl methyl sites for hydroxylation is 1. The quantitative estimate of drug-likeness (QED) is 0.692. The lowest BCUT2D eigenvalue weighted by Crippen LogP contribution is -2.47. The maximum atomic E-state index is 13.3. The lowest BCUT2D eigenvalue weighted by atomic mass is 10.0.